The first-order chi connectivity index (χ1) is 8.67. The first-order valence-electron chi connectivity index (χ1n) is 7.41. The van der Waals surface area contributed by atoms with Gasteiger partial charge in [-0.1, -0.05) is 13.8 Å². The van der Waals surface area contributed by atoms with Gasteiger partial charge in [0.1, 0.15) is 0 Å². The van der Waals surface area contributed by atoms with E-state index in [1.165, 1.54) is 32.4 Å². The molecule has 0 spiro atoms. The molecule has 3 rings (SSSR count). The van der Waals surface area contributed by atoms with Crippen LogP contribution in [-0.2, 0) is 0 Å². The molecule has 2 aliphatic carbocycles. The number of hydrogen-bond acceptors (Lipinski definition) is 2. The number of halogens is 1. The van der Waals surface area contributed by atoms with Crippen LogP contribution < -0.4 is 10.6 Å². The van der Waals surface area contributed by atoms with E-state index in [4.69, 9.17) is 0 Å². The first-order valence-corrected chi connectivity index (χ1v) is 7.41. The highest BCUT2D eigenvalue weighted by Crippen LogP contribution is 2.32. The fourth-order valence-electron chi connectivity index (χ4n) is 2.98. The van der Waals surface area contributed by atoms with Crippen molar-refractivity contribution in [2.75, 3.05) is 20.1 Å². The van der Waals surface area contributed by atoms with E-state index < -0.39 is 0 Å². The molecule has 3 aliphatic rings. The Kier molecular flexibility index (Phi) is 4.98. The van der Waals surface area contributed by atoms with Crippen LogP contribution in [0.5, 0.6) is 0 Å². The molecule has 5 heteroatoms. The van der Waals surface area contributed by atoms with Crippen LogP contribution in [0.25, 0.3) is 0 Å². The SMILES string of the molecule is CN=C(NC1CC1C)NC1CN(C2CC2)CC1C.I. The molecule has 0 bridgehead atoms. The van der Waals surface area contributed by atoms with Crippen LogP contribution in [0.3, 0.4) is 0 Å². The molecule has 0 aromatic heterocycles. The lowest BCUT2D eigenvalue weighted by Crippen LogP contribution is -2.47. The lowest BCUT2D eigenvalue weighted by atomic mass is 10.1. The Morgan fingerprint density at radius 2 is 1.68 bits per heavy atom. The van der Waals surface area contributed by atoms with E-state index in [-0.39, 0.29) is 24.0 Å². The van der Waals surface area contributed by atoms with Crippen LogP contribution in [0.1, 0.15) is 33.1 Å². The maximum atomic E-state index is 4.36. The second kappa shape index (κ2) is 6.16. The van der Waals surface area contributed by atoms with Crippen molar-refractivity contribution in [1.29, 1.82) is 0 Å². The van der Waals surface area contributed by atoms with Gasteiger partial charge in [-0.05, 0) is 31.1 Å². The molecule has 4 unspecified atom stereocenters. The lowest BCUT2D eigenvalue weighted by molar-refractivity contribution is 0.315. The molecule has 2 N–H and O–H groups in total. The second-order valence-electron chi connectivity index (χ2n) is 6.45. The number of guanidine groups is 1. The van der Waals surface area contributed by atoms with Crippen LogP contribution in [0, 0.1) is 11.8 Å². The monoisotopic (exact) mass is 378 g/mol. The lowest BCUT2D eigenvalue weighted by Gasteiger charge is -2.20. The summed E-state index contributed by atoms with van der Waals surface area (Å²) in [6.45, 7) is 7.08. The molecular formula is C14H27IN4. The molecule has 0 aromatic carbocycles. The van der Waals surface area contributed by atoms with Gasteiger partial charge in [0.05, 0.1) is 0 Å². The quantitative estimate of drug-likeness (QED) is 0.446. The summed E-state index contributed by atoms with van der Waals surface area (Å²) in [6, 6.07) is 2.09. The largest absolute Gasteiger partial charge is 0.353 e. The molecule has 0 aromatic rings. The smallest absolute Gasteiger partial charge is 0.191 e. The molecular weight excluding hydrogens is 351 g/mol. The van der Waals surface area contributed by atoms with Crippen LogP contribution >= 0.6 is 24.0 Å². The number of nitrogens with one attached hydrogen (secondary N) is 2. The summed E-state index contributed by atoms with van der Waals surface area (Å²) in [6.07, 6.45) is 4.10. The molecule has 4 atom stereocenters. The number of likely N-dealkylation sites (tertiary alicyclic amines) is 1. The summed E-state index contributed by atoms with van der Waals surface area (Å²) in [4.78, 5) is 7.01. The Morgan fingerprint density at radius 3 is 2.21 bits per heavy atom. The zero-order chi connectivity index (χ0) is 12.7. The van der Waals surface area contributed by atoms with Gasteiger partial charge >= 0.3 is 0 Å². The first kappa shape index (κ1) is 15.4. The predicted octanol–water partition coefficient (Wildman–Crippen LogP) is 1.66. The second-order valence-corrected chi connectivity index (χ2v) is 6.45. The fraction of sp³-hybridized carbons (Fsp3) is 0.929. The number of aliphatic imine (C=N–C) groups is 1. The average molecular weight is 378 g/mol. The Hall–Kier alpha value is -0.0400. The van der Waals surface area contributed by atoms with Gasteiger partial charge in [0.2, 0.25) is 0 Å². The molecule has 19 heavy (non-hydrogen) atoms. The van der Waals surface area contributed by atoms with Crippen LogP contribution in [-0.4, -0.2) is 49.1 Å². The van der Waals surface area contributed by atoms with Gasteiger partial charge in [0, 0.05) is 38.3 Å². The molecule has 2 saturated carbocycles. The molecule has 3 fully saturated rings. The van der Waals surface area contributed by atoms with Gasteiger partial charge in [-0.15, -0.1) is 24.0 Å². The summed E-state index contributed by atoms with van der Waals surface area (Å²) < 4.78 is 0. The molecule has 1 saturated heterocycles. The number of nitrogens with zero attached hydrogens (tertiary/aromatic N) is 2. The summed E-state index contributed by atoms with van der Waals surface area (Å²) in [5.41, 5.74) is 0. The fourth-order valence-corrected chi connectivity index (χ4v) is 2.98. The summed E-state index contributed by atoms with van der Waals surface area (Å²) in [5.74, 6) is 2.53. The third-order valence-electron chi connectivity index (χ3n) is 4.68. The molecule has 1 heterocycles. The Balaban J connectivity index is 0.00000133. The Bertz CT molecular complexity index is 342. The maximum absolute atomic E-state index is 4.36. The Morgan fingerprint density at radius 1 is 1.05 bits per heavy atom. The minimum absolute atomic E-state index is 0. The summed E-state index contributed by atoms with van der Waals surface area (Å²) >= 11 is 0. The number of hydrogen-bond donors (Lipinski definition) is 2. The zero-order valence-corrected chi connectivity index (χ0v) is 14.6. The van der Waals surface area contributed by atoms with Crippen LogP contribution in [0.15, 0.2) is 4.99 Å². The molecule has 0 amide bonds. The molecule has 110 valence electrons. The van der Waals surface area contributed by atoms with Crippen molar-refractivity contribution in [1.82, 2.24) is 15.5 Å². The van der Waals surface area contributed by atoms with E-state index >= 15 is 0 Å². The average Bonchev–Trinajstić information content (AvgIpc) is 3.24. The predicted molar refractivity (Wildman–Crippen MR) is 90.2 cm³/mol. The van der Waals surface area contributed by atoms with E-state index in [0.717, 1.165) is 23.8 Å². The van der Waals surface area contributed by atoms with Gasteiger partial charge in [-0.3, -0.25) is 9.89 Å². The van der Waals surface area contributed by atoms with Gasteiger partial charge < -0.3 is 10.6 Å². The highest BCUT2D eigenvalue weighted by Gasteiger charge is 2.39. The van der Waals surface area contributed by atoms with Crippen molar-refractivity contribution in [3.63, 3.8) is 0 Å². The molecule has 1 aliphatic heterocycles. The highest BCUT2D eigenvalue weighted by atomic mass is 127. The molecule has 0 radical (unpaired) electrons. The van der Waals surface area contributed by atoms with E-state index in [9.17, 15) is 0 Å². The summed E-state index contributed by atoms with van der Waals surface area (Å²) in [7, 11) is 1.88. The number of rotatable bonds is 3. The van der Waals surface area contributed by atoms with Crippen LogP contribution in [0.4, 0.5) is 0 Å². The van der Waals surface area contributed by atoms with Crippen molar-refractivity contribution in [3.8, 4) is 0 Å². The van der Waals surface area contributed by atoms with E-state index in [1.807, 2.05) is 7.05 Å². The maximum Gasteiger partial charge on any atom is 0.191 e. The third kappa shape index (κ3) is 3.74. The zero-order valence-electron chi connectivity index (χ0n) is 12.2. The summed E-state index contributed by atoms with van der Waals surface area (Å²) in [5, 5.41) is 7.14. The van der Waals surface area contributed by atoms with Crippen molar-refractivity contribution in [2.24, 2.45) is 16.8 Å². The van der Waals surface area contributed by atoms with Gasteiger partial charge in [-0.25, -0.2) is 0 Å². The van der Waals surface area contributed by atoms with Crippen molar-refractivity contribution < 1.29 is 0 Å². The Labute approximate surface area is 133 Å². The van der Waals surface area contributed by atoms with E-state index in [2.05, 4.69) is 34.4 Å². The van der Waals surface area contributed by atoms with E-state index in [0.29, 0.717) is 12.1 Å². The van der Waals surface area contributed by atoms with E-state index in [1.54, 1.807) is 0 Å². The minimum Gasteiger partial charge on any atom is -0.353 e. The van der Waals surface area contributed by atoms with Gasteiger partial charge in [-0.2, -0.15) is 0 Å². The standard InChI is InChI=1S/C14H26N4.HI/c1-9-6-12(9)16-14(15-3)17-13-8-18(7-10(13)2)11-4-5-11;/h9-13H,4-8H2,1-3H3,(H2,15,16,17);1H. The minimum atomic E-state index is 0. The van der Waals surface area contributed by atoms with Crippen molar-refractivity contribution in [2.45, 2.75) is 51.2 Å². The van der Waals surface area contributed by atoms with Crippen molar-refractivity contribution >= 4 is 29.9 Å². The third-order valence-corrected chi connectivity index (χ3v) is 4.68. The van der Waals surface area contributed by atoms with Crippen LogP contribution in [0.2, 0.25) is 0 Å². The topological polar surface area (TPSA) is 39.7 Å². The van der Waals surface area contributed by atoms with Gasteiger partial charge in [0.15, 0.2) is 5.96 Å². The highest BCUT2D eigenvalue weighted by molar-refractivity contribution is 14.0. The van der Waals surface area contributed by atoms with Gasteiger partial charge in [0.25, 0.3) is 0 Å². The van der Waals surface area contributed by atoms with Crippen molar-refractivity contribution in [3.05, 3.63) is 0 Å². The normalized spacial score (nSPS) is 38.8. The molecule has 4 nitrogen and oxygen atoms in total.